The number of aromatic nitrogens is 2. The Balaban J connectivity index is 1.56. The predicted molar refractivity (Wildman–Crippen MR) is 120 cm³/mol. The van der Waals surface area contributed by atoms with E-state index in [1.54, 1.807) is 12.1 Å². The Labute approximate surface area is 180 Å². The molecule has 0 amide bonds. The molecule has 31 heavy (non-hydrogen) atoms. The Bertz CT molecular complexity index is 1270. The van der Waals surface area contributed by atoms with Gasteiger partial charge in [0.25, 0.3) is 5.56 Å². The third-order valence-electron chi connectivity index (χ3n) is 5.31. The largest absolute Gasteiger partial charge is 0.486 e. The molecular weight excluding hydrogens is 391 g/mol. The van der Waals surface area contributed by atoms with Gasteiger partial charge in [-0.25, -0.2) is 9.37 Å². The first-order chi connectivity index (χ1) is 15.0. The average molecular weight is 414 g/mol. The number of benzene rings is 3. The van der Waals surface area contributed by atoms with E-state index in [2.05, 4.69) is 18.0 Å². The maximum absolute atomic E-state index is 14.6. The van der Waals surface area contributed by atoms with Crippen LogP contribution in [0, 0.1) is 19.7 Å². The second-order valence-electron chi connectivity index (χ2n) is 7.58. The highest BCUT2D eigenvalue weighted by Crippen LogP contribution is 2.24. The number of aryl methyl sites for hydroxylation is 2. The lowest BCUT2D eigenvalue weighted by Gasteiger charge is -2.11. The normalized spacial score (nSPS) is 10.8. The van der Waals surface area contributed by atoms with Crippen molar-refractivity contribution in [3.63, 3.8) is 0 Å². The van der Waals surface area contributed by atoms with Crippen molar-refractivity contribution < 1.29 is 9.13 Å². The molecule has 0 bridgehead atoms. The van der Waals surface area contributed by atoms with Gasteiger partial charge < -0.3 is 4.74 Å². The molecule has 0 atom stereocenters. The van der Waals surface area contributed by atoms with E-state index in [-0.39, 0.29) is 17.9 Å². The lowest BCUT2D eigenvalue weighted by Crippen LogP contribution is -2.22. The van der Waals surface area contributed by atoms with Gasteiger partial charge in [-0.1, -0.05) is 54.6 Å². The van der Waals surface area contributed by atoms with Crippen LogP contribution < -0.4 is 10.3 Å². The molecule has 4 aromatic rings. The Kier molecular flexibility index (Phi) is 5.94. The minimum atomic E-state index is -0.516. The second kappa shape index (κ2) is 8.96. The number of nitrogens with zero attached hydrogens (tertiary/aromatic N) is 2. The lowest BCUT2D eigenvalue weighted by atomic mass is 10.1. The SMILES string of the molecule is Cc1ccc(Cn2cncc(-c3ccc(OCc4ccccc4)c(F)c3)c2=O)cc1C. The molecule has 0 aliphatic heterocycles. The predicted octanol–water partition coefficient (Wildman–Crippen LogP) is 5.29. The Morgan fingerprint density at radius 2 is 1.74 bits per heavy atom. The number of hydrogen-bond acceptors (Lipinski definition) is 3. The number of rotatable bonds is 6. The minimum absolute atomic E-state index is 0.145. The summed E-state index contributed by atoms with van der Waals surface area (Å²) in [6, 6.07) is 20.2. The quantitative estimate of drug-likeness (QED) is 0.430. The van der Waals surface area contributed by atoms with Crippen LogP contribution in [0.5, 0.6) is 5.75 Å². The first kappa shape index (κ1) is 20.5. The lowest BCUT2D eigenvalue weighted by molar-refractivity contribution is 0.290. The molecule has 0 N–H and O–H groups in total. The summed E-state index contributed by atoms with van der Waals surface area (Å²) in [6.45, 7) is 4.77. The number of ether oxygens (including phenoxy) is 1. The van der Waals surface area contributed by atoms with Crippen LogP contribution in [-0.4, -0.2) is 9.55 Å². The molecule has 4 rings (SSSR count). The van der Waals surface area contributed by atoms with Crippen molar-refractivity contribution in [2.45, 2.75) is 27.0 Å². The highest BCUT2D eigenvalue weighted by Gasteiger charge is 2.12. The van der Waals surface area contributed by atoms with Gasteiger partial charge in [0.2, 0.25) is 0 Å². The molecule has 3 aromatic carbocycles. The molecule has 0 unspecified atom stereocenters. The molecule has 0 aliphatic carbocycles. The summed E-state index contributed by atoms with van der Waals surface area (Å²) in [5.74, 6) is -0.371. The van der Waals surface area contributed by atoms with Crippen molar-refractivity contribution in [1.29, 1.82) is 0 Å². The summed E-state index contributed by atoms with van der Waals surface area (Å²) in [5, 5.41) is 0. The molecule has 0 radical (unpaired) electrons. The third-order valence-corrected chi connectivity index (χ3v) is 5.31. The van der Waals surface area contributed by atoms with Crippen LogP contribution in [0.25, 0.3) is 11.1 Å². The van der Waals surface area contributed by atoms with Crippen LogP contribution in [0.15, 0.2) is 84.0 Å². The Morgan fingerprint density at radius 3 is 2.48 bits per heavy atom. The molecule has 4 nitrogen and oxygen atoms in total. The monoisotopic (exact) mass is 414 g/mol. The summed E-state index contributed by atoms with van der Waals surface area (Å²) in [7, 11) is 0. The smallest absolute Gasteiger partial charge is 0.261 e. The molecule has 0 spiro atoms. The van der Waals surface area contributed by atoms with E-state index < -0.39 is 5.82 Å². The zero-order valence-electron chi connectivity index (χ0n) is 17.5. The van der Waals surface area contributed by atoms with Gasteiger partial charge in [0, 0.05) is 6.20 Å². The van der Waals surface area contributed by atoms with E-state index >= 15 is 0 Å². The summed E-state index contributed by atoms with van der Waals surface area (Å²) in [5.41, 5.74) is 4.94. The fourth-order valence-electron chi connectivity index (χ4n) is 3.38. The van der Waals surface area contributed by atoms with Gasteiger partial charge >= 0.3 is 0 Å². The van der Waals surface area contributed by atoms with E-state index in [1.165, 1.54) is 34.3 Å². The van der Waals surface area contributed by atoms with Crippen LogP contribution in [0.4, 0.5) is 4.39 Å². The molecule has 1 aromatic heterocycles. The van der Waals surface area contributed by atoms with E-state index in [4.69, 9.17) is 4.74 Å². The van der Waals surface area contributed by atoms with Crippen molar-refractivity contribution in [2.75, 3.05) is 0 Å². The summed E-state index contributed by atoms with van der Waals surface area (Å²) in [6.07, 6.45) is 2.98. The number of hydrogen-bond donors (Lipinski definition) is 0. The topological polar surface area (TPSA) is 44.1 Å². The van der Waals surface area contributed by atoms with E-state index in [9.17, 15) is 9.18 Å². The molecule has 156 valence electrons. The van der Waals surface area contributed by atoms with Crippen molar-refractivity contribution >= 4 is 0 Å². The maximum atomic E-state index is 14.6. The van der Waals surface area contributed by atoms with Crippen LogP contribution in [0.2, 0.25) is 0 Å². The van der Waals surface area contributed by atoms with E-state index in [0.717, 1.165) is 11.1 Å². The zero-order chi connectivity index (χ0) is 21.8. The first-order valence-electron chi connectivity index (χ1n) is 10.1. The molecule has 1 heterocycles. The van der Waals surface area contributed by atoms with Gasteiger partial charge in [0.1, 0.15) is 6.61 Å². The van der Waals surface area contributed by atoms with Gasteiger partial charge in [-0.05, 0) is 53.8 Å². The molecule has 0 fully saturated rings. The standard InChI is InChI=1S/C26H23FN2O2/c1-18-8-9-21(12-19(18)2)15-29-17-28-14-23(26(29)30)22-10-11-25(24(27)13-22)31-16-20-6-4-3-5-7-20/h3-14,17H,15-16H2,1-2H3. The minimum Gasteiger partial charge on any atom is -0.486 e. The van der Waals surface area contributed by atoms with Crippen molar-refractivity contribution in [2.24, 2.45) is 0 Å². The Morgan fingerprint density at radius 1 is 0.935 bits per heavy atom. The molecule has 0 saturated carbocycles. The molecular formula is C26H23FN2O2. The zero-order valence-corrected chi connectivity index (χ0v) is 17.5. The molecule has 0 aliphatic rings. The summed E-state index contributed by atoms with van der Waals surface area (Å²) < 4.78 is 21.8. The van der Waals surface area contributed by atoms with Crippen LogP contribution in [-0.2, 0) is 13.2 Å². The van der Waals surface area contributed by atoms with Gasteiger partial charge in [-0.3, -0.25) is 9.36 Å². The fraction of sp³-hybridized carbons (Fsp3) is 0.154. The average Bonchev–Trinajstić information content (AvgIpc) is 2.77. The first-order valence-corrected chi connectivity index (χ1v) is 10.1. The van der Waals surface area contributed by atoms with Gasteiger partial charge in [-0.15, -0.1) is 0 Å². The van der Waals surface area contributed by atoms with E-state index in [0.29, 0.717) is 17.7 Å². The summed E-state index contributed by atoms with van der Waals surface area (Å²) >= 11 is 0. The highest BCUT2D eigenvalue weighted by atomic mass is 19.1. The molecule has 5 heteroatoms. The second-order valence-corrected chi connectivity index (χ2v) is 7.58. The van der Waals surface area contributed by atoms with Crippen molar-refractivity contribution in [3.8, 4) is 16.9 Å². The summed E-state index contributed by atoms with van der Waals surface area (Å²) in [4.78, 5) is 17.2. The third kappa shape index (κ3) is 4.72. The van der Waals surface area contributed by atoms with Crippen LogP contribution in [0.3, 0.4) is 0 Å². The van der Waals surface area contributed by atoms with E-state index in [1.807, 2.05) is 49.4 Å². The highest BCUT2D eigenvalue weighted by molar-refractivity contribution is 5.62. The van der Waals surface area contributed by atoms with Crippen molar-refractivity contribution in [3.05, 3.63) is 118 Å². The van der Waals surface area contributed by atoms with Crippen molar-refractivity contribution in [1.82, 2.24) is 9.55 Å². The fourth-order valence-corrected chi connectivity index (χ4v) is 3.38. The van der Waals surface area contributed by atoms with Gasteiger partial charge in [0.05, 0.1) is 18.4 Å². The maximum Gasteiger partial charge on any atom is 0.261 e. The van der Waals surface area contributed by atoms with Crippen LogP contribution >= 0.6 is 0 Å². The van der Waals surface area contributed by atoms with Crippen LogP contribution in [0.1, 0.15) is 22.3 Å². The number of halogens is 1. The molecule has 0 saturated heterocycles. The van der Waals surface area contributed by atoms with Gasteiger partial charge in [-0.2, -0.15) is 0 Å². The Hall–Kier alpha value is -3.73. The van der Waals surface area contributed by atoms with Gasteiger partial charge in [0.15, 0.2) is 11.6 Å².